The predicted molar refractivity (Wildman–Crippen MR) is 112 cm³/mol. The average Bonchev–Trinajstić information content (AvgIpc) is 3.14. The predicted octanol–water partition coefficient (Wildman–Crippen LogP) is 0.906. The summed E-state index contributed by atoms with van der Waals surface area (Å²) < 4.78 is 6.06. The third-order valence-corrected chi connectivity index (χ3v) is 8.06. The van der Waals surface area contributed by atoms with Gasteiger partial charge in [0, 0.05) is 31.5 Å². The first-order valence-corrected chi connectivity index (χ1v) is 12.0. The molecule has 1 aromatic rings. The van der Waals surface area contributed by atoms with Gasteiger partial charge in [-0.1, -0.05) is 23.1 Å². The van der Waals surface area contributed by atoms with Crippen LogP contribution < -0.4 is 5.32 Å². The van der Waals surface area contributed by atoms with Crippen molar-refractivity contribution in [3.63, 3.8) is 0 Å². The minimum Gasteiger partial charge on any atom is -0.481 e. The number of rotatable bonds is 10. The molecular weight excluding hydrogens is 468 g/mol. The van der Waals surface area contributed by atoms with E-state index in [2.05, 4.69) is 15.5 Å². The fourth-order valence-electron chi connectivity index (χ4n) is 3.21. The molecule has 31 heavy (non-hydrogen) atoms. The van der Waals surface area contributed by atoms with Crippen LogP contribution in [0.4, 0.5) is 0 Å². The number of carboxylic acid groups (broad SMARTS) is 2. The molecule has 1 aromatic heterocycles. The van der Waals surface area contributed by atoms with E-state index in [9.17, 15) is 24.3 Å². The Labute approximate surface area is 189 Å². The van der Waals surface area contributed by atoms with Crippen molar-refractivity contribution in [1.29, 1.82) is 0 Å². The Morgan fingerprint density at radius 3 is 2.65 bits per heavy atom. The number of nitrogens with zero attached hydrogens (tertiary/aromatic N) is 3. The normalized spacial score (nSPS) is 22.7. The van der Waals surface area contributed by atoms with Gasteiger partial charge in [-0.25, -0.2) is 4.79 Å². The first-order valence-electron chi connectivity index (χ1n) is 9.11. The van der Waals surface area contributed by atoms with Gasteiger partial charge in [-0.3, -0.25) is 19.3 Å². The number of amides is 2. The summed E-state index contributed by atoms with van der Waals surface area (Å²) in [5.41, 5.74) is -1.23. The van der Waals surface area contributed by atoms with Gasteiger partial charge in [0.1, 0.15) is 16.1 Å². The number of aromatic nitrogens is 2. The van der Waals surface area contributed by atoms with Crippen molar-refractivity contribution >= 4 is 58.6 Å². The van der Waals surface area contributed by atoms with Gasteiger partial charge in [-0.05, 0) is 18.9 Å². The maximum Gasteiger partial charge on any atom is 0.352 e. The standard InChI is InChI=1S/C17H20N4O7S3/c1-8-19-20-16(31-8)30-7-9-6-29-15-17(28-2,14(27)21(15)12(9)13(25)26)18-10(22)4-3-5-11(23)24/h15H,3-7H2,1-2H3,(H,18,22)(H,23,24)(H,25,26). The number of aryl methyl sites for hydroxylation is 1. The van der Waals surface area contributed by atoms with Crippen molar-refractivity contribution in [3.05, 3.63) is 16.3 Å². The molecule has 3 rings (SSSR count). The van der Waals surface area contributed by atoms with E-state index in [-0.39, 0.29) is 25.0 Å². The zero-order valence-corrected chi connectivity index (χ0v) is 19.1. The highest BCUT2D eigenvalue weighted by atomic mass is 32.2. The fraction of sp³-hybridized carbons (Fsp3) is 0.529. The lowest BCUT2D eigenvalue weighted by molar-refractivity contribution is -0.192. The zero-order valence-electron chi connectivity index (χ0n) is 16.6. The number of carboxylic acids is 2. The summed E-state index contributed by atoms with van der Waals surface area (Å²) in [5, 5.41) is 29.0. The van der Waals surface area contributed by atoms with Crippen molar-refractivity contribution in [2.75, 3.05) is 18.6 Å². The fourth-order valence-corrected chi connectivity index (χ4v) is 6.60. The highest BCUT2D eigenvalue weighted by molar-refractivity contribution is 8.01. The minimum absolute atomic E-state index is 0.0904. The van der Waals surface area contributed by atoms with Crippen LogP contribution in [0, 0.1) is 6.92 Å². The summed E-state index contributed by atoms with van der Waals surface area (Å²) in [4.78, 5) is 48.9. The SMILES string of the molecule is COC1(NC(=O)CCCC(=O)O)C(=O)N2C(C(=O)O)=C(CSc3nnc(C)s3)CSC21. The second-order valence-corrected chi connectivity index (χ2v) is 10.2. The Morgan fingerprint density at radius 2 is 2.06 bits per heavy atom. The molecule has 2 aliphatic rings. The first kappa shape index (κ1) is 23.5. The van der Waals surface area contributed by atoms with Gasteiger partial charge in [0.05, 0.1) is 0 Å². The van der Waals surface area contributed by atoms with Crippen LogP contribution in [-0.4, -0.2) is 78.8 Å². The highest BCUT2D eigenvalue weighted by Gasteiger charge is 2.66. The third kappa shape index (κ3) is 4.71. The number of hydrogen-bond donors (Lipinski definition) is 3. The number of carbonyl (C=O) groups excluding carboxylic acids is 2. The second-order valence-electron chi connectivity index (χ2n) is 6.71. The Hall–Kier alpha value is -2.16. The third-order valence-electron chi connectivity index (χ3n) is 4.63. The van der Waals surface area contributed by atoms with Crippen molar-refractivity contribution < 1.29 is 34.1 Å². The molecule has 0 aliphatic carbocycles. The number of methoxy groups -OCH3 is 1. The second kappa shape index (κ2) is 9.54. The molecule has 0 bridgehead atoms. The van der Waals surface area contributed by atoms with E-state index >= 15 is 0 Å². The van der Waals surface area contributed by atoms with Crippen LogP contribution in [0.2, 0.25) is 0 Å². The maximum atomic E-state index is 13.0. The zero-order chi connectivity index (χ0) is 22.8. The summed E-state index contributed by atoms with van der Waals surface area (Å²) in [6.07, 6.45) is -0.150. The molecular formula is C17H20N4O7S3. The van der Waals surface area contributed by atoms with Gasteiger partial charge in [-0.2, -0.15) is 0 Å². The summed E-state index contributed by atoms with van der Waals surface area (Å²) in [5.74, 6) is -2.80. The van der Waals surface area contributed by atoms with Crippen LogP contribution in [0.1, 0.15) is 24.3 Å². The van der Waals surface area contributed by atoms with Gasteiger partial charge in [0.15, 0.2) is 4.34 Å². The van der Waals surface area contributed by atoms with E-state index < -0.39 is 34.9 Å². The van der Waals surface area contributed by atoms with Crippen LogP contribution in [0.3, 0.4) is 0 Å². The van der Waals surface area contributed by atoms with Crippen LogP contribution in [0.25, 0.3) is 0 Å². The Balaban J connectivity index is 1.74. The van der Waals surface area contributed by atoms with Gasteiger partial charge in [0.2, 0.25) is 5.91 Å². The lowest BCUT2D eigenvalue weighted by Gasteiger charge is -2.55. The molecule has 2 unspecified atom stereocenters. The summed E-state index contributed by atoms with van der Waals surface area (Å²) in [6, 6.07) is 0. The van der Waals surface area contributed by atoms with E-state index in [1.807, 2.05) is 6.92 Å². The number of thioether (sulfide) groups is 2. The average molecular weight is 489 g/mol. The first-order chi connectivity index (χ1) is 14.7. The molecule has 0 aromatic carbocycles. The Bertz CT molecular complexity index is 950. The van der Waals surface area contributed by atoms with Gasteiger partial charge in [-0.15, -0.1) is 22.0 Å². The Kier molecular flexibility index (Phi) is 7.24. The lowest BCUT2D eigenvalue weighted by Crippen LogP contribution is -2.80. The summed E-state index contributed by atoms with van der Waals surface area (Å²) in [6.45, 7) is 1.82. The molecule has 3 heterocycles. The molecule has 0 saturated carbocycles. The van der Waals surface area contributed by atoms with Gasteiger partial charge >= 0.3 is 11.9 Å². The molecule has 0 radical (unpaired) electrons. The number of fused-ring (bicyclic) bond motifs is 1. The van der Waals surface area contributed by atoms with Crippen LogP contribution in [-0.2, 0) is 23.9 Å². The van der Waals surface area contributed by atoms with Crippen LogP contribution in [0.5, 0.6) is 0 Å². The Morgan fingerprint density at radius 1 is 1.32 bits per heavy atom. The molecule has 2 aliphatic heterocycles. The molecule has 2 amide bonds. The topological polar surface area (TPSA) is 159 Å². The van der Waals surface area contributed by atoms with Gasteiger partial charge in [0.25, 0.3) is 11.6 Å². The molecule has 1 fully saturated rings. The van der Waals surface area contributed by atoms with Crippen molar-refractivity contribution in [2.24, 2.45) is 0 Å². The molecule has 1 saturated heterocycles. The monoisotopic (exact) mass is 488 g/mol. The number of β-lactam (4-membered cyclic amide) rings is 1. The number of aliphatic carboxylic acids is 2. The largest absolute Gasteiger partial charge is 0.481 e. The van der Waals surface area contributed by atoms with E-state index in [1.54, 1.807) is 0 Å². The number of carbonyl (C=O) groups is 4. The molecule has 168 valence electrons. The van der Waals surface area contributed by atoms with E-state index in [0.717, 1.165) is 9.91 Å². The lowest BCUT2D eigenvalue weighted by atomic mass is 9.98. The molecule has 2 atom stereocenters. The maximum absolute atomic E-state index is 13.0. The number of nitrogens with one attached hydrogen (secondary N) is 1. The van der Waals surface area contributed by atoms with Crippen molar-refractivity contribution in [3.8, 4) is 0 Å². The molecule has 14 heteroatoms. The van der Waals surface area contributed by atoms with Gasteiger partial charge < -0.3 is 20.3 Å². The van der Waals surface area contributed by atoms with Crippen LogP contribution in [0.15, 0.2) is 15.6 Å². The van der Waals surface area contributed by atoms with Crippen molar-refractivity contribution in [1.82, 2.24) is 20.4 Å². The smallest absolute Gasteiger partial charge is 0.352 e. The quantitative estimate of drug-likeness (QED) is 0.244. The number of hydrogen-bond acceptors (Lipinski definition) is 10. The van der Waals surface area contributed by atoms with E-state index in [0.29, 0.717) is 21.4 Å². The summed E-state index contributed by atoms with van der Waals surface area (Å²) in [7, 11) is 1.26. The molecule has 3 N–H and O–H groups in total. The van der Waals surface area contributed by atoms with Crippen LogP contribution >= 0.6 is 34.9 Å². The highest BCUT2D eigenvalue weighted by Crippen LogP contribution is 2.47. The minimum atomic E-state index is -1.68. The number of ether oxygens (including phenoxy) is 1. The molecule has 0 spiro atoms. The summed E-state index contributed by atoms with van der Waals surface area (Å²) >= 11 is 4.04. The molecule has 11 nitrogen and oxygen atoms in total. The van der Waals surface area contributed by atoms with E-state index in [1.165, 1.54) is 42.0 Å². The van der Waals surface area contributed by atoms with E-state index in [4.69, 9.17) is 9.84 Å². The van der Waals surface area contributed by atoms with Crippen molar-refractivity contribution in [2.45, 2.75) is 41.6 Å².